The summed E-state index contributed by atoms with van der Waals surface area (Å²) >= 11 is 0. The predicted molar refractivity (Wildman–Crippen MR) is 147 cm³/mol. The summed E-state index contributed by atoms with van der Waals surface area (Å²) in [5.41, 5.74) is -2.43. The lowest BCUT2D eigenvalue weighted by atomic mass is 9.98. The van der Waals surface area contributed by atoms with Crippen molar-refractivity contribution in [2.45, 2.75) is 96.1 Å². The van der Waals surface area contributed by atoms with Gasteiger partial charge in [0, 0.05) is 25.1 Å². The van der Waals surface area contributed by atoms with Gasteiger partial charge in [-0.15, -0.1) is 0 Å². The normalized spacial score (nSPS) is 18.0. The van der Waals surface area contributed by atoms with Crippen LogP contribution in [-0.2, 0) is 26.7 Å². The Morgan fingerprint density at radius 3 is 2.48 bits per heavy atom. The molecule has 2 amide bonds. The number of aliphatic hydroxyl groups excluding tert-OH is 1. The van der Waals surface area contributed by atoms with E-state index in [0.717, 1.165) is 0 Å². The monoisotopic (exact) mass is 598 g/mol. The van der Waals surface area contributed by atoms with Crippen LogP contribution in [0.2, 0.25) is 0 Å². The number of hydrogen-bond donors (Lipinski definition) is 3. The minimum atomic E-state index is -3.20. The molecule has 0 radical (unpaired) electrons. The van der Waals surface area contributed by atoms with Crippen molar-refractivity contribution >= 4 is 12.0 Å². The largest absolute Gasteiger partial charge is 0.444 e. The molecule has 0 bridgehead atoms. The van der Waals surface area contributed by atoms with Crippen molar-refractivity contribution in [3.8, 4) is 0 Å². The molecule has 1 aromatic carbocycles. The lowest BCUT2D eigenvalue weighted by Gasteiger charge is -2.30. The van der Waals surface area contributed by atoms with Gasteiger partial charge in [-0.2, -0.15) is 5.10 Å². The van der Waals surface area contributed by atoms with Crippen LogP contribution in [0.1, 0.15) is 71.3 Å². The molecule has 1 unspecified atom stereocenters. The first-order chi connectivity index (χ1) is 19.6. The predicted octanol–water partition coefficient (Wildman–Crippen LogP) is 3.65. The zero-order valence-corrected chi connectivity index (χ0v) is 24.6. The average Bonchev–Trinajstić information content (AvgIpc) is 3.54. The number of aliphatic hydroxyl groups is 1. The molecule has 1 aliphatic heterocycles. The molecule has 234 valence electrons. The van der Waals surface area contributed by atoms with Gasteiger partial charge in [0.05, 0.1) is 19.2 Å². The molecule has 3 atom stereocenters. The molecule has 3 rings (SSSR count). The van der Waals surface area contributed by atoms with Gasteiger partial charge in [-0.25, -0.2) is 27.6 Å². The van der Waals surface area contributed by atoms with Gasteiger partial charge >= 0.3 is 6.09 Å². The van der Waals surface area contributed by atoms with Crippen LogP contribution in [0.15, 0.2) is 36.7 Å². The van der Waals surface area contributed by atoms with Gasteiger partial charge in [-0.3, -0.25) is 9.69 Å². The molecule has 1 aromatic heterocycles. The minimum absolute atomic E-state index is 0.0441. The van der Waals surface area contributed by atoms with Gasteiger partial charge < -0.3 is 25.2 Å². The van der Waals surface area contributed by atoms with Crippen LogP contribution in [0, 0.1) is 0 Å². The van der Waals surface area contributed by atoms with Crippen LogP contribution in [0.25, 0.3) is 0 Å². The molecular formula is C28H41F3N6O5. The number of benzene rings is 1. The maximum absolute atomic E-state index is 15.1. The SMILES string of the molecule is CC(C)(C)OC(=O)NC(C)(C)C(=O)N[C@@H](CCC(F)(F)c1ccccc1)c1ncnn1CCOC(O)N1CC[C@@H](F)C1. The maximum Gasteiger partial charge on any atom is 0.408 e. The van der Waals surface area contributed by atoms with E-state index >= 15 is 8.78 Å². The molecule has 0 spiro atoms. The Balaban J connectivity index is 1.74. The van der Waals surface area contributed by atoms with E-state index in [1.807, 2.05) is 0 Å². The molecule has 42 heavy (non-hydrogen) atoms. The van der Waals surface area contributed by atoms with Gasteiger partial charge in [0.1, 0.15) is 29.5 Å². The second-order valence-corrected chi connectivity index (χ2v) is 11.8. The number of hydrogen-bond acceptors (Lipinski definition) is 8. The number of nitrogens with one attached hydrogen (secondary N) is 2. The fourth-order valence-electron chi connectivity index (χ4n) is 4.38. The Bertz CT molecular complexity index is 1170. The summed E-state index contributed by atoms with van der Waals surface area (Å²) in [5, 5.41) is 19.6. The number of alkyl carbamates (subject to hydrolysis) is 1. The summed E-state index contributed by atoms with van der Waals surface area (Å²) < 4.78 is 55.8. The first kappa shape index (κ1) is 33.3. The molecular weight excluding hydrogens is 557 g/mol. The Hall–Kier alpha value is -3.23. The van der Waals surface area contributed by atoms with Gasteiger partial charge in [0.2, 0.25) is 12.3 Å². The zero-order valence-electron chi connectivity index (χ0n) is 24.6. The third-order valence-electron chi connectivity index (χ3n) is 6.63. The second kappa shape index (κ2) is 13.8. The topological polar surface area (TPSA) is 131 Å². The molecule has 14 heteroatoms. The molecule has 0 saturated carbocycles. The third-order valence-corrected chi connectivity index (χ3v) is 6.63. The van der Waals surface area contributed by atoms with Crippen LogP contribution in [-0.4, -0.2) is 80.2 Å². The number of amides is 2. The highest BCUT2D eigenvalue weighted by Gasteiger charge is 2.37. The van der Waals surface area contributed by atoms with Crippen molar-refractivity contribution in [2.75, 3.05) is 19.7 Å². The van der Waals surface area contributed by atoms with E-state index in [1.54, 1.807) is 26.8 Å². The van der Waals surface area contributed by atoms with Crippen LogP contribution in [0.3, 0.4) is 0 Å². The maximum atomic E-state index is 15.1. The smallest absolute Gasteiger partial charge is 0.408 e. The summed E-state index contributed by atoms with van der Waals surface area (Å²) in [6.07, 6.45) is -2.46. The van der Waals surface area contributed by atoms with Crippen LogP contribution >= 0.6 is 0 Å². The lowest BCUT2D eigenvalue weighted by Crippen LogP contribution is -2.56. The van der Waals surface area contributed by atoms with E-state index in [4.69, 9.17) is 9.47 Å². The van der Waals surface area contributed by atoms with Crippen LogP contribution in [0.4, 0.5) is 18.0 Å². The van der Waals surface area contributed by atoms with Crippen molar-refractivity contribution < 1.29 is 37.3 Å². The highest BCUT2D eigenvalue weighted by atomic mass is 19.3. The third kappa shape index (κ3) is 9.66. The number of nitrogens with zero attached hydrogens (tertiary/aromatic N) is 4. The molecule has 1 saturated heterocycles. The highest BCUT2D eigenvalue weighted by Crippen LogP contribution is 2.35. The van der Waals surface area contributed by atoms with E-state index in [0.29, 0.717) is 13.0 Å². The number of halogens is 3. The molecule has 1 aliphatic rings. The molecule has 2 heterocycles. The molecule has 11 nitrogen and oxygen atoms in total. The molecule has 0 aliphatic carbocycles. The summed E-state index contributed by atoms with van der Waals surface area (Å²) in [6, 6.07) is 6.33. The number of rotatable bonds is 13. The first-order valence-corrected chi connectivity index (χ1v) is 13.9. The second-order valence-electron chi connectivity index (χ2n) is 11.8. The van der Waals surface area contributed by atoms with E-state index in [1.165, 1.54) is 54.0 Å². The molecule has 1 fully saturated rings. The number of carbonyl (C=O) groups excluding carboxylic acids is 2. The number of ether oxygens (including phenoxy) is 2. The Labute approximate surface area is 243 Å². The summed E-state index contributed by atoms with van der Waals surface area (Å²) in [4.78, 5) is 31.4. The minimum Gasteiger partial charge on any atom is -0.444 e. The van der Waals surface area contributed by atoms with Gasteiger partial charge in [0.15, 0.2) is 0 Å². The molecule has 3 N–H and O–H groups in total. The fraction of sp³-hybridized carbons (Fsp3) is 0.643. The fourth-order valence-corrected chi connectivity index (χ4v) is 4.38. The zero-order chi connectivity index (χ0) is 31.1. The van der Waals surface area contributed by atoms with Gasteiger partial charge in [-0.1, -0.05) is 30.3 Å². The van der Waals surface area contributed by atoms with Crippen molar-refractivity contribution in [2.24, 2.45) is 0 Å². The van der Waals surface area contributed by atoms with Crippen LogP contribution in [0.5, 0.6) is 0 Å². The van der Waals surface area contributed by atoms with Gasteiger partial charge in [0.25, 0.3) is 5.92 Å². The van der Waals surface area contributed by atoms with Crippen molar-refractivity contribution in [1.82, 2.24) is 30.3 Å². The number of aromatic nitrogens is 3. The quantitative estimate of drug-likeness (QED) is 0.298. The van der Waals surface area contributed by atoms with E-state index in [2.05, 4.69) is 20.7 Å². The summed E-state index contributed by atoms with van der Waals surface area (Å²) in [6.45, 7) is 8.41. The van der Waals surface area contributed by atoms with Crippen LogP contribution < -0.4 is 10.6 Å². The van der Waals surface area contributed by atoms with Gasteiger partial charge in [-0.05, 0) is 47.5 Å². The first-order valence-electron chi connectivity index (χ1n) is 13.9. The summed E-state index contributed by atoms with van der Waals surface area (Å²) in [7, 11) is 0. The standard InChI is InChI=1S/C28H41F3N6O5/c1-26(2,3)42-24(39)35-27(4,5)23(38)34-21(11-13-28(30,31)19-9-7-6-8-10-19)22-32-18-33-37(22)15-16-41-25(40)36-14-12-20(29)17-36/h6-10,18,20-21,25,40H,11-17H2,1-5H3,(H,34,38)(H,35,39)/t20-,21+,25?/m1/s1. The summed E-state index contributed by atoms with van der Waals surface area (Å²) in [5.74, 6) is -3.67. The lowest BCUT2D eigenvalue weighted by molar-refractivity contribution is -0.189. The Morgan fingerprint density at radius 1 is 1.17 bits per heavy atom. The van der Waals surface area contributed by atoms with E-state index in [-0.39, 0.29) is 37.5 Å². The average molecular weight is 599 g/mol. The highest BCUT2D eigenvalue weighted by molar-refractivity contribution is 5.89. The van der Waals surface area contributed by atoms with Crippen molar-refractivity contribution in [1.29, 1.82) is 0 Å². The van der Waals surface area contributed by atoms with E-state index < -0.39 is 54.1 Å². The number of alkyl halides is 3. The number of likely N-dealkylation sites (tertiary alicyclic amines) is 1. The Morgan fingerprint density at radius 2 is 1.86 bits per heavy atom. The van der Waals surface area contributed by atoms with Crippen molar-refractivity contribution in [3.63, 3.8) is 0 Å². The molecule has 2 aromatic rings. The van der Waals surface area contributed by atoms with E-state index in [9.17, 15) is 19.1 Å². The number of carbonyl (C=O) groups is 2. The Kier molecular flexibility index (Phi) is 11.0. The van der Waals surface area contributed by atoms with Crippen molar-refractivity contribution in [3.05, 3.63) is 48.0 Å².